The number of carboxylic acids is 1. The molecule has 0 spiro atoms. The first kappa shape index (κ1) is 14.9. The Bertz CT molecular complexity index is 578. The summed E-state index contributed by atoms with van der Waals surface area (Å²) < 4.78 is 13.0. The van der Waals surface area contributed by atoms with E-state index >= 15 is 0 Å². The summed E-state index contributed by atoms with van der Waals surface area (Å²) in [6, 6.07) is 4.39. The number of piperazine rings is 1. The highest BCUT2D eigenvalue weighted by Crippen LogP contribution is 2.10. The zero-order chi connectivity index (χ0) is 15.4. The maximum atomic E-state index is 13.0. The van der Waals surface area contributed by atoms with E-state index in [1.165, 1.54) is 23.1 Å². The summed E-state index contributed by atoms with van der Waals surface area (Å²) in [4.78, 5) is 35.5. The van der Waals surface area contributed by atoms with Crippen molar-refractivity contribution in [3.63, 3.8) is 0 Å². The number of aliphatic carboxylic acids is 1. The van der Waals surface area contributed by atoms with Crippen molar-refractivity contribution in [3.8, 4) is 0 Å². The van der Waals surface area contributed by atoms with Gasteiger partial charge in [0.15, 0.2) is 0 Å². The van der Waals surface area contributed by atoms with E-state index in [1.54, 1.807) is 0 Å². The van der Waals surface area contributed by atoms with Gasteiger partial charge in [-0.1, -0.05) is 6.07 Å². The molecular formula is C13H14FN3O4. The minimum atomic E-state index is -1.12. The normalized spacial score (nSPS) is 18.9. The minimum Gasteiger partial charge on any atom is -0.480 e. The van der Waals surface area contributed by atoms with Crippen LogP contribution in [0.1, 0.15) is 0 Å². The van der Waals surface area contributed by atoms with E-state index in [-0.39, 0.29) is 31.2 Å². The third-order valence-corrected chi connectivity index (χ3v) is 3.02. The molecule has 1 atom stereocenters. The van der Waals surface area contributed by atoms with Crippen molar-refractivity contribution in [2.45, 2.75) is 6.04 Å². The standard InChI is InChI=1S/C13H14FN3O4/c14-8-2-1-3-9(4-8)16-12(19)7-17-6-11(18)15-5-10(17)13(20)21/h1-4,10H,5-7H2,(H,15,18)(H,16,19)(H,20,21). The average Bonchev–Trinajstić information content (AvgIpc) is 2.38. The molecule has 0 aliphatic carbocycles. The van der Waals surface area contributed by atoms with Crippen molar-refractivity contribution in [1.29, 1.82) is 0 Å². The highest BCUT2D eigenvalue weighted by Gasteiger charge is 2.32. The van der Waals surface area contributed by atoms with Gasteiger partial charge in [0, 0.05) is 12.2 Å². The number of carboxylic acid groups (broad SMARTS) is 1. The third kappa shape index (κ3) is 3.99. The van der Waals surface area contributed by atoms with Gasteiger partial charge in [-0.25, -0.2) is 4.39 Å². The Morgan fingerprint density at radius 1 is 1.48 bits per heavy atom. The first-order valence-electron chi connectivity index (χ1n) is 6.24. The van der Waals surface area contributed by atoms with E-state index in [0.29, 0.717) is 0 Å². The number of hydrogen-bond donors (Lipinski definition) is 3. The fourth-order valence-electron chi connectivity index (χ4n) is 2.05. The van der Waals surface area contributed by atoms with Crippen molar-refractivity contribution in [3.05, 3.63) is 30.1 Å². The van der Waals surface area contributed by atoms with Gasteiger partial charge in [-0.2, -0.15) is 0 Å². The van der Waals surface area contributed by atoms with Crippen LogP contribution in [-0.2, 0) is 14.4 Å². The van der Waals surface area contributed by atoms with Gasteiger partial charge in [-0.15, -0.1) is 0 Å². The lowest BCUT2D eigenvalue weighted by atomic mass is 10.2. The first-order chi connectivity index (χ1) is 9.95. The minimum absolute atomic E-state index is 0.0542. The van der Waals surface area contributed by atoms with Gasteiger partial charge in [0.05, 0.1) is 13.1 Å². The van der Waals surface area contributed by atoms with Crippen LogP contribution >= 0.6 is 0 Å². The van der Waals surface area contributed by atoms with Gasteiger partial charge < -0.3 is 15.7 Å². The highest BCUT2D eigenvalue weighted by molar-refractivity contribution is 5.93. The predicted molar refractivity (Wildman–Crippen MR) is 71.0 cm³/mol. The van der Waals surface area contributed by atoms with E-state index in [1.807, 2.05) is 0 Å². The van der Waals surface area contributed by atoms with Crippen LogP contribution < -0.4 is 10.6 Å². The van der Waals surface area contributed by atoms with E-state index in [2.05, 4.69) is 10.6 Å². The Morgan fingerprint density at radius 3 is 2.90 bits per heavy atom. The van der Waals surface area contributed by atoms with E-state index in [4.69, 9.17) is 5.11 Å². The Balaban J connectivity index is 1.99. The quantitative estimate of drug-likeness (QED) is 0.705. The summed E-state index contributed by atoms with van der Waals surface area (Å²) in [6.45, 7) is -0.490. The number of hydrogen-bond acceptors (Lipinski definition) is 4. The molecule has 0 saturated carbocycles. The molecule has 1 aromatic rings. The number of carbonyl (C=O) groups is 3. The topological polar surface area (TPSA) is 98.7 Å². The van der Waals surface area contributed by atoms with Gasteiger partial charge in [-0.3, -0.25) is 19.3 Å². The second-order valence-corrected chi connectivity index (χ2v) is 4.62. The molecule has 8 heteroatoms. The first-order valence-corrected chi connectivity index (χ1v) is 6.24. The fraction of sp³-hybridized carbons (Fsp3) is 0.308. The molecule has 1 unspecified atom stereocenters. The lowest BCUT2D eigenvalue weighted by Gasteiger charge is -2.31. The van der Waals surface area contributed by atoms with Crippen molar-refractivity contribution in [2.75, 3.05) is 25.0 Å². The number of carbonyl (C=O) groups excluding carboxylic acids is 2. The molecule has 1 aliphatic rings. The van der Waals surface area contributed by atoms with Crippen LogP contribution in [0.15, 0.2) is 24.3 Å². The lowest BCUT2D eigenvalue weighted by molar-refractivity contribution is -0.146. The van der Waals surface area contributed by atoms with Gasteiger partial charge in [-0.05, 0) is 18.2 Å². The van der Waals surface area contributed by atoms with Crippen LogP contribution in [0.4, 0.5) is 10.1 Å². The summed E-state index contributed by atoms with van der Waals surface area (Å²) in [6.07, 6.45) is 0. The van der Waals surface area contributed by atoms with Crippen LogP contribution in [0.25, 0.3) is 0 Å². The molecule has 1 aliphatic heterocycles. The maximum Gasteiger partial charge on any atom is 0.322 e. The molecule has 1 heterocycles. The molecule has 0 bridgehead atoms. The highest BCUT2D eigenvalue weighted by atomic mass is 19.1. The number of amides is 2. The Morgan fingerprint density at radius 2 is 2.24 bits per heavy atom. The van der Waals surface area contributed by atoms with E-state index < -0.39 is 23.7 Å². The molecule has 7 nitrogen and oxygen atoms in total. The predicted octanol–water partition coefficient (Wildman–Crippen LogP) is -0.351. The molecule has 2 rings (SSSR count). The largest absolute Gasteiger partial charge is 0.480 e. The van der Waals surface area contributed by atoms with Crippen molar-refractivity contribution >= 4 is 23.5 Å². The lowest BCUT2D eigenvalue weighted by Crippen LogP contribution is -2.58. The number of nitrogens with zero attached hydrogens (tertiary/aromatic N) is 1. The van der Waals surface area contributed by atoms with Crippen molar-refractivity contribution in [2.24, 2.45) is 0 Å². The summed E-state index contributed by atoms with van der Waals surface area (Å²) in [5.74, 6) is -2.46. The second kappa shape index (κ2) is 6.31. The zero-order valence-corrected chi connectivity index (χ0v) is 11.0. The molecule has 0 aromatic heterocycles. The number of halogens is 1. The van der Waals surface area contributed by atoms with Gasteiger partial charge in [0.1, 0.15) is 11.9 Å². The molecule has 112 valence electrons. The zero-order valence-electron chi connectivity index (χ0n) is 11.0. The Kier molecular flexibility index (Phi) is 4.49. The molecule has 1 aromatic carbocycles. The van der Waals surface area contributed by atoms with Crippen LogP contribution in [0.2, 0.25) is 0 Å². The van der Waals surface area contributed by atoms with Crippen molar-refractivity contribution < 1.29 is 23.9 Å². The molecule has 21 heavy (non-hydrogen) atoms. The van der Waals surface area contributed by atoms with Crippen LogP contribution in [0.5, 0.6) is 0 Å². The van der Waals surface area contributed by atoms with Crippen LogP contribution in [-0.4, -0.2) is 53.5 Å². The number of nitrogens with one attached hydrogen (secondary N) is 2. The molecule has 3 N–H and O–H groups in total. The maximum absolute atomic E-state index is 13.0. The number of rotatable bonds is 4. The van der Waals surface area contributed by atoms with Crippen molar-refractivity contribution in [1.82, 2.24) is 10.2 Å². The van der Waals surface area contributed by atoms with E-state index in [9.17, 15) is 18.8 Å². The van der Waals surface area contributed by atoms with Gasteiger partial charge in [0.2, 0.25) is 11.8 Å². The average molecular weight is 295 g/mol. The summed E-state index contributed by atoms with van der Waals surface area (Å²) in [5, 5.41) is 13.9. The molecule has 0 radical (unpaired) electrons. The third-order valence-electron chi connectivity index (χ3n) is 3.02. The molecule has 1 fully saturated rings. The SMILES string of the molecule is O=C1CN(CC(=O)Nc2cccc(F)c2)C(C(=O)O)CN1. The van der Waals surface area contributed by atoms with Crippen LogP contribution in [0, 0.1) is 5.82 Å². The van der Waals surface area contributed by atoms with Gasteiger partial charge in [0.25, 0.3) is 0 Å². The molecule has 1 saturated heterocycles. The fourth-order valence-corrected chi connectivity index (χ4v) is 2.05. The van der Waals surface area contributed by atoms with Crippen LogP contribution in [0.3, 0.4) is 0 Å². The van der Waals surface area contributed by atoms with Gasteiger partial charge >= 0.3 is 5.97 Å². The summed E-state index contributed by atoms with van der Waals surface area (Å²) >= 11 is 0. The second-order valence-electron chi connectivity index (χ2n) is 4.62. The molecule has 2 amide bonds. The molecular weight excluding hydrogens is 281 g/mol. The summed E-state index contributed by atoms with van der Waals surface area (Å²) in [5.41, 5.74) is 0.272. The summed E-state index contributed by atoms with van der Waals surface area (Å²) in [7, 11) is 0. The van der Waals surface area contributed by atoms with E-state index in [0.717, 1.165) is 6.07 Å². The monoisotopic (exact) mass is 295 g/mol. The number of anilines is 1. The Labute approximate surface area is 119 Å². The Hall–Kier alpha value is -2.48. The number of benzene rings is 1. The smallest absolute Gasteiger partial charge is 0.322 e.